The van der Waals surface area contributed by atoms with Crippen LogP contribution in [0.3, 0.4) is 0 Å². The van der Waals surface area contributed by atoms with Crippen molar-refractivity contribution >= 4 is 11.7 Å². The molecule has 98 valence electrons. The van der Waals surface area contributed by atoms with Crippen LogP contribution in [-0.4, -0.2) is 24.2 Å². The van der Waals surface area contributed by atoms with E-state index in [1.807, 2.05) is 0 Å². The summed E-state index contributed by atoms with van der Waals surface area (Å²) in [4.78, 5) is 12.9. The van der Waals surface area contributed by atoms with Crippen molar-refractivity contribution in [3.8, 4) is 0 Å². The van der Waals surface area contributed by atoms with Crippen LogP contribution >= 0.6 is 0 Å². The zero-order chi connectivity index (χ0) is 13.1. The molecule has 1 unspecified atom stereocenters. The second-order valence-electron chi connectivity index (χ2n) is 4.83. The SMILES string of the molecule is CCC1CCCN(c2ccc(C(=O)O)c(F)c2)C1. The Morgan fingerprint density at radius 2 is 2.33 bits per heavy atom. The Balaban J connectivity index is 2.18. The van der Waals surface area contributed by atoms with E-state index in [1.54, 1.807) is 6.07 Å². The highest BCUT2D eigenvalue weighted by Crippen LogP contribution is 2.26. The van der Waals surface area contributed by atoms with Gasteiger partial charge in [0.05, 0.1) is 5.56 Å². The summed E-state index contributed by atoms with van der Waals surface area (Å²) in [5, 5.41) is 8.79. The van der Waals surface area contributed by atoms with Crippen molar-refractivity contribution in [1.82, 2.24) is 0 Å². The van der Waals surface area contributed by atoms with E-state index in [1.165, 1.54) is 18.6 Å². The summed E-state index contributed by atoms with van der Waals surface area (Å²) in [6.45, 7) is 4.02. The zero-order valence-electron chi connectivity index (χ0n) is 10.5. The van der Waals surface area contributed by atoms with Gasteiger partial charge in [-0.3, -0.25) is 0 Å². The Labute approximate surface area is 106 Å². The summed E-state index contributed by atoms with van der Waals surface area (Å²) in [6.07, 6.45) is 3.47. The topological polar surface area (TPSA) is 40.5 Å². The molecule has 18 heavy (non-hydrogen) atoms. The van der Waals surface area contributed by atoms with Crippen molar-refractivity contribution in [2.24, 2.45) is 5.92 Å². The fraction of sp³-hybridized carbons (Fsp3) is 0.500. The molecule has 0 bridgehead atoms. The van der Waals surface area contributed by atoms with Gasteiger partial charge in [0.25, 0.3) is 0 Å². The molecular weight excluding hydrogens is 233 g/mol. The molecular formula is C14H18FNO2. The van der Waals surface area contributed by atoms with Crippen LogP contribution in [0.1, 0.15) is 36.5 Å². The highest BCUT2D eigenvalue weighted by Gasteiger charge is 2.20. The number of rotatable bonds is 3. The monoisotopic (exact) mass is 251 g/mol. The van der Waals surface area contributed by atoms with Crippen LogP contribution < -0.4 is 4.90 Å². The molecule has 1 aromatic carbocycles. The van der Waals surface area contributed by atoms with E-state index in [0.29, 0.717) is 5.92 Å². The quantitative estimate of drug-likeness (QED) is 0.897. The number of anilines is 1. The molecule has 0 spiro atoms. The van der Waals surface area contributed by atoms with Gasteiger partial charge in [0.1, 0.15) is 5.82 Å². The number of nitrogens with zero attached hydrogens (tertiary/aromatic N) is 1. The lowest BCUT2D eigenvalue weighted by atomic mass is 9.95. The molecule has 1 atom stereocenters. The summed E-state index contributed by atoms with van der Waals surface area (Å²) in [5.41, 5.74) is 0.526. The first kappa shape index (κ1) is 12.9. The van der Waals surface area contributed by atoms with Crippen LogP contribution in [0.2, 0.25) is 0 Å². The number of halogens is 1. The predicted octanol–water partition coefficient (Wildman–Crippen LogP) is 3.15. The van der Waals surface area contributed by atoms with Crippen LogP contribution in [0.4, 0.5) is 10.1 Å². The molecule has 0 saturated carbocycles. The average Bonchev–Trinajstić information content (AvgIpc) is 2.38. The maximum absolute atomic E-state index is 13.6. The van der Waals surface area contributed by atoms with E-state index in [-0.39, 0.29) is 5.56 Å². The zero-order valence-corrected chi connectivity index (χ0v) is 10.5. The molecule has 1 saturated heterocycles. The Morgan fingerprint density at radius 1 is 1.56 bits per heavy atom. The molecule has 1 fully saturated rings. The lowest BCUT2D eigenvalue weighted by Gasteiger charge is -2.34. The maximum Gasteiger partial charge on any atom is 0.338 e. The Kier molecular flexibility index (Phi) is 3.84. The molecule has 1 aliphatic heterocycles. The van der Waals surface area contributed by atoms with Gasteiger partial charge in [0.15, 0.2) is 0 Å². The first-order valence-corrected chi connectivity index (χ1v) is 6.39. The van der Waals surface area contributed by atoms with Gasteiger partial charge < -0.3 is 10.0 Å². The maximum atomic E-state index is 13.6. The minimum absolute atomic E-state index is 0.261. The third-order valence-electron chi connectivity index (χ3n) is 3.64. The minimum atomic E-state index is -1.22. The molecule has 0 aliphatic carbocycles. The number of piperidine rings is 1. The van der Waals surface area contributed by atoms with Gasteiger partial charge in [0, 0.05) is 18.8 Å². The number of hydrogen-bond donors (Lipinski definition) is 1. The lowest BCUT2D eigenvalue weighted by Crippen LogP contribution is -2.35. The third kappa shape index (κ3) is 2.63. The summed E-state index contributed by atoms with van der Waals surface area (Å²) in [6, 6.07) is 4.38. The molecule has 0 aromatic heterocycles. The number of carboxylic acid groups (broad SMARTS) is 1. The first-order valence-electron chi connectivity index (χ1n) is 6.39. The van der Waals surface area contributed by atoms with Crippen LogP contribution in [0.5, 0.6) is 0 Å². The van der Waals surface area contributed by atoms with Gasteiger partial charge in [-0.15, -0.1) is 0 Å². The van der Waals surface area contributed by atoms with E-state index < -0.39 is 11.8 Å². The lowest BCUT2D eigenvalue weighted by molar-refractivity contribution is 0.0692. The fourth-order valence-corrected chi connectivity index (χ4v) is 2.51. The van der Waals surface area contributed by atoms with Gasteiger partial charge in [-0.1, -0.05) is 13.3 Å². The molecule has 1 N–H and O–H groups in total. The average molecular weight is 251 g/mol. The van der Waals surface area contributed by atoms with E-state index in [0.717, 1.165) is 31.6 Å². The van der Waals surface area contributed by atoms with Crippen LogP contribution in [0, 0.1) is 11.7 Å². The molecule has 0 amide bonds. The Bertz CT molecular complexity index is 447. The van der Waals surface area contributed by atoms with Gasteiger partial charge in [-0.2, -0.15) is 0 Å². The highest BCUT2D eigenvalue weighted by molar-refractivity contribution is 5.88. The van der Waals surface area contributed by atoms with Gasteiger partial charge in [-0.05, 0) is 37.0 Å². The second-order valence-corrected chi connectivity index (χ2v) is 4.83. The van der Waals surface area contributed by atoms with Crippen molar-refractivity contribution in [3.05, 3.63) is 29.6 Å². The number of benzene rings is 1. The summed E-state index contributed by atoms with van der Waals surface area (Å²) in [5.74, 6) is -1.22. The summed E-state index contributed by atoms with van der Waals surface area (Å²) < 4.78 is 13.6. The van der Waals surface area contributed by atoms with E-state index in [9.17, 15) is 9.18 Å². The minimum Gasteiger partial charge on any atom is -0.478 e. The molecule has 4 heteroatoms. The number of carboxylic acids is 1. The number of aromatic carboxylic acids is 1. The molecule has 2 rings (SSSR count). The van der Waals surface area contributed by atoms with Crippen molar-refractivity contribution < 1.29 is 14.3 Å². The fourth-order valence-electron chi connectivity index (χ4n) is 2.51. The smallest absolute Gasteiger partial charge is 0.338 e. The normalized spacial score (nSPS) is 19.9. The van der Waals surface area contributed by atoms with Gasteiger partial charge in [0.2, 0.25) is 0 Å². The molecule has 1 heterocycles. The van der Waals surface area contributed by atoms with Crippen molar-refractivity contribution in [2.45, 2.75) is 26.2 Å². The Morgan fingerprint density at radius 3 is 2.94 bits per heavy atom. The first-order chi connectivity index (χ1) is 8.61. The second kappa shape index (κ2) is 5.38. The summed E-state index contributed by atoms with van der Waals surface area (Å²) in [7, 11) is 0. The van der Waals surface area contributed by atoms with Crippen LogP contribution in [-0.2, 0) is 0 Å². The molecule has 1 aromatic rings. The molecule has 0 radical (unpaired) electrons. The van der Waals surface area contributed by atoms with Gasteiger partial charge >= 0.3 is 5.97 Å². The third-order valence-corrected chi connectivity index (χ3v) is 3.64. The van der Waals surface area contributed by atoms with Crippen molar-refractivity contribution in [1.29, 1.82) is 0 Å². The van der Waals surface area contributed by atoms with E-state index in [2.05, 4.69) is 11.8 Å². The molecule has 3 nitrogen and oxygen atoms in total. The van der Waals surface area contributed by atoms with E-state index in [4.69, 9.17) is 5.11 Å². The van der Waals surface area contributed by atoms with Crippen molar-refractivity contribution in [3.63, 3.8) is 0 Å². The summed E-state index contributed by atoms with van der Waals surface area (Å²) >= 11 is 0. The van der Waals surface area contributed by atoms with Gasteiger partial charge in [-0.25, -0.2) is 9.18 Å². The van der Waals surface area contributed by atoms with Crippen molar-refractivity contribution in [2.75, 3.05) is 18.0 Å². The van der Waals surface area contributed by atoms with Crippen LogP contribution in [0.15, 0.2) is 18.2 Å². The van der Waals surface area contributed by atoms with E-state index >= 15 is 0 Å². The molecule has 1 aliphatic rings. The largest absolute Gasteiger partial charge is 0.478 e. The van der Waals surface area contributed by atoms with Crippen LogP contribution in [0.25, 0.3) is 0 Å². The standard InChI is InChI=1S/C14H18FNO2/c1-2-10-4-3-7-16(9-10)11-5-6-12(14(17)18)13(15)8-11/h5-6,8,10H,2-4,7,9H2,1H3,(H,17,18). The highest BCUT2D eigenvalue weighted by atomic mass is 19.1. The predicted molar refractivity (Wildman–Crippen MR) is 68.6 cm³/mol. The number of hydrogen-bond acceptors (Lipinski definition) is 2. The number of carbonyl (C=O) groups is 1. The Hall–Kier alpha value is -1.58.